The van der Waals surface area contributed by atoms with E-state index in [1.165, 1.54) is 18.4 Å². The molecule has 100 valence electrons. The summed E-state index contributed by atoms with van der Waals surface area (Å²) in [6.07, 6.45) is 1.71. The van der Waals surface area contributed by atoms with Gasteiger partial charge in [-0.15, -0.1) is 11.3 Å². The number of nitrogens with zero attached hydrogens (tertiary/aromatic N) is 1. The van der Waals surface area contributed by atoms with E-state index < -0.39 is 0 Å². The minimum atomic E-state index is -0.217. The zero-order chi connectivity index (χ0) is 13.7. The molecule has 0 spiro atoms. The molecule has 1 aromatic carbocycles. The number of benzene rings is 1. The molecule has 0 fully saturated rings. The van der Waals surface area contributed by atoms with Crippen molar-refractivity contribution < 1.29 is 14.3 Å². The summed E-state index contributed by atoms with van der Waals surface area (Å²) in [6, 6.07) is 5.10. The number of amides is 1. The second kappa shape index (κ2) is 6.19. The molecule has 19 heavy (non-hydrogen) atoms. The molecule has 0 atom stereocenters. The molecule has 2 aromatic rings. The molecule has 0 unspecified atom stereocenters. The van der Waals surface area contributed by atoms with Crippen LogP contribution in [-0.4, -0.2) is 25.1 Å². The van der Waals surface area contributed by atoms with Crippen LogP contribution in [0.3, 0.4) is 0 Å². The van der Waals surface area contributed by atoms with Gasteiger partial charge in [0, 0.05) is 11.6 Å². The van der Waals surface area contributed by atoms with Gasteiger partial charge in [-0.05, 0) is 18.2 Å². The fraction of sp³-hybridized carbons (Fsp3) is 0.231. The van der Waals surface area contributed by atoms with Gasteiger partial charge in [-0.1, -0.05) is 0 Å². The Bertz CT molecular complexity index is 555. The summed E-state index contributed by atoms with van der Waals surface area (Å²) < 4.78 is 10.3. The summed E-state index contributed by atoms with van der Waals surface area (Å²) in [7, 11) is 3.08. The van der Waals surface area contributed by atoms with E-state index in [0.29, 0.717) is 23.6 Å². The highest BCUT2D eigenvalue weighted by Crippen LogP contribution is 2.23. The van der Waals surface area contributed by atoms with E-state index in [2.05, 4.69) is 10.3 Å². The molecule has 0 aliphatic rings. The fourth-order valence-corrected chi connectivity index (χ4v) is 2.14. The second-order valence-corrected chi connectivity index (χ2v) is 4.65. The van der Waals surface area contributed by atoms with Crippen LogP contribution in [-0.2, 0) is 6.54 Å². The van der Waals surface area contributed by atoms with Gasteiger partial charge in [0.2, 0.25) is 0 Å². The van der Waals surface area contributed by atoms with Crippen molar-refractivity contribution in [1.29, 1.82) is 0 Å². The Balaban J connectivity index is 2.12. The van der Waals surface area contributed by atoms with Gasteiger partial charge in [0.25, 0.3) is 5.91 Å². The molecule has 1 amide bonds. The lowest BCUT2D eigenvalue weighted by molar-refractivity contribution is 0.0947. The summed E-state index contributed by atoms with van der Waals surface area (Å²) in [5.74, 6) is 0.906. The Morgan fingerprint density at radius 1 is 1.37 bits per heavy atom. The van der Waals surface area contributed by atoms with Gasteiger partial charge < -0.3 is 14.8 Å². The molecule has 1 aromatic heterocycles. The first kappa shape index (κ1) is 13.4. The van der Waals surface area contributed by atoms with Crippen LogP contribution < -0.4 is 14.8 Å². The first-order valence-electron chi connectivity index (χ1n) is 5.63. The maximum absolute atomic E-state index is 12.1. The van der Waals surface area contributed by atoms with Gasteiger partial charge in [0.1, 0.15) is 16.5 Å². The van der Waals surface area contributed by atoms with Crippen LogP contribution in [0.5, 0.6) is 11.5 Å². The van der Waals surface area contributed by atoms with E-state index in [-0.39, 0.29) is 5.91 Å². The van der Waals surface area contributed by atoms with Crippen LogP contribution in [0, 0.1) is 0 Å². The first-order chi connectivity index (χ1) is 9.24. The number of nitrogens with one attached hydrogen (secondary N) is 1. The number of methoxy groups -OCH3 is 2. The fourth-order valence-electron chi connectivity index (χ4n) is 1.58. The van der Waals surface area contributed by atoms with Gasteiger partial charge in [0.05, 0.1) is 26.3 Å². The Hall–Kier alpha value is -2.08. The molecule has 2 rings (SSSR count). The number of thiazole rings is 1. The molecule has 0 aliphatic carbocycles. The zero-order valence-electron chi connectivity index (χ0n) is 10.7. The highest BCUT2D eigenvalue weighted by Gasteiger charge is 2.13. The summed E-state index contributed by atoms with van der Waals surface area (Å²) in [4.78, 5) is 16.2. The van der Waals surface area contributed by atoms with E-state index in [0.717, 1.165) is 5.01 Å². The molecule has 6 heteroatoms. The number of rotatable bonds is 5. The van der Waals surface area contributed by atoms with E-state index in [1.54, 1.807) is 31.5 Å². The summed E-state index contributed by atoms with van der Waals surface area (Å²) >= 11 is 1.50. The number of carbonyl (C=O) groups excluding carboxylic acids is 1. The van der Waals surface area contributed by atoms with Crippen LogP contribution in [0.4, 0.5) is 0 Å². The molecule has 0 aliphatic heterocycles. The quantitative estimate of drug-likeness (QED) is 0.909. The smallest absolute Gasteiger partial charge is 0.255 e. The molecular weight excluding hydrogens is 264 g/mol. The summed E-state index contributed by atoms with van der Waals surface area (Å²) in [6.45, 7) is 0.400. The van der Waals surface area contributed by atoms with Gasteiger partial charge in [-0.2, -0.15) is 0 Å². The summed E-state index contributed by atoms with van der Waals surface area (Å²) in [5.41, 5.74) is 0.443. The third-order valence-corrected chi connectivity index (χ3v) is 3.31. The highest BCUT2D eigenvalue weighted by atomic mass is 32.1. The largest absolute Gasteiger partial charge is 0.497 e. The molecule has 1 N–H and O–H groups in total. The SMILES string of the molecule is COc1ccc(OC)c(C(=O)NCc2nccs2)c1. The van der Waals surface area contributed by atoms with Crippen molar-refractivity contribution in [3.63, 3.8) is 0 Å². The predicted molar refractivity (Wildman–Crippen MR) is 72.8 cm³/mol. The lowest BCUT2D eigenvalue weighted by atomic mass is 10.1. The van der Waals surface area contributed by atoms with Gasteiger partial charge in [0.15, 0.2) is 0 Å². The minimum Gasteiger partial charge on any atom is -0.497 e. The standard InChI is InChI=1S/C13H14N2O3S/c1-17-9-3-4-11(18-2)10(7-9)13(16)15-8-12-14-5-6-19-12/h3-7H,8H2,1-2H3,(H,15,16). The van der Waals surface area contributed by atoms with Gasteiger partial charge in [-0.3, -0.25) is 4.79 Å². The normalized spacial score (nSPS) is 10.0. The highest BCUT2D eigenvalue weighted by molar-refractivity contribution is 7.09. The van der Waals surface area contributed by atoms with Gasteiger partial charge >= 0.3 is 0 Å². The van der Waals surface area contributed by atoms with Crippen molar-refractivity contribution in [2.45, 2.75) is 6.54 Å². The maximum atomic E-state index is 12.1. The molecule has 5 nitrogen and oxygen atoms in total. The van der Waals surface area contributed by atoms with Crippen LogP contribution in [0.1, 0.15) is 15.4 Å². The Morgan fingerprint density at radius 3 is 2.84 bits per heavy atom. The van der Waals surface area contributed by atoms with Crippen LogP contribution >= 0.6 is 11.3 Å². The molecular formula is C13H14N2O3S. The number of carbonyl (C=O) groups is 1. The average molecular weight is 278 g/mol. The average Bonchev–Trinajstić information content (AvgIpc) is 2.97. The lowest BCUT2D eigenvalue weighted by Crippen LogP contribution is -2.23. The van der Waals surface area contributed by atoms with Crippen molar-refractivity contribution in [1.82, 2.24) is 10.3 Å². The lowest BCUT2D eigenvalue weighted by Gasteiger charge is -2.10. The molecule has 0 bridgehead atoms. The number of hydrogen-bond acceptors (Lipinski definition) is 5. The van der Waals surface area contributed by atoms with Crippen molar-refractivity contribution >= 4 is 17.2 Å². The van der Waals surface area contributed by atoms with Crippen LogP contribution in [0.25, 0.3) is 0 Å². The van der Waals surface area contributed by atoms with Crippen molar-refractivity contribution in [2.24, 2.45) is 0 Å². The third kappa shape index (κ3) is 3.23. The molecule has 0 saturated carbocycles. The van der Waals surface area contributed by atoms with E-state index in [9.17, 15) is 4.79 Å². The monoisotopic (exact) mass is 278 g/mol. The van der Waals surface area contributed by atoms with Crippen LogP contribution in [0.15, 0.2) is 29.8 Å². The van der Waals surface area contributed by atoms with Crippen molar-refractivity contribution in [3.05, 3.63) is 40.3 Å². The zero-order valence-corrected chi connectivity index (χ0v) is 11.5. The van der Waals surface area contributed by atoms with E-state index in [4.69, 9.17) is 9.47 Å². The van der Waals surface area contributed by atoms with Crippen molar-refractivity contribution in [2.75, 3.05) is 14.2 Å². The van der Waals surface area contributed by atoms with Gasteiger partial charge in [-0.25, -0.2) is 4.98 Å². The number of ether oxygens (including phenoxy) is 2. The first-order valence-corrected chi connectivity index (χ1v) is 6.51. The minimum absolute atomic E-state index is 0.217. The Kier molecular flexibility index (Phi) is 4.35. The third-order valence-electron chi connectivity index (χ3n) is 2.53. The molecule has 1 heterocycles. The predicted octanol–water partition coefficient (Wildman–Crippen LogP) is 2.09. The van der Waals surface area contributed by atoms with E-state index >= 15 is 0 Å². The second-order valence-electron chi connectivity index (χ2n) is 3.67. The maximum Gasteiger partial charge on any atom is 0.255 e. The Morgan fingerprint density at radius 2 is 2.21 bits per heavy atom. The van der Waals surface area contributed by atoms with Crippen LogP contribution in [0.2, 0.25) is 0 Å². The topological polar surface area (TPSA) is 60.5 Å². The molecule has 0 radical (unpaired) electrons. The van der Waals surface area contributed by atoms with Crippen molar-refractivity contribution in [3.8, 4) is 11.5 Å². The van der Waals surface area contributed by atoms with E-state index in [1.807, 2.05) is 5.38 Å². The number of aromatic nitrogens is 1. The summed E-state index contributed by atoms with van der Waals surface area (Å²) in [5, 5.41) is 5.53. The Labute approximate surface area is 115 Å². The molecule has 0 saturated heterocycles. The number of hydrogen-bond donors (Lipinski definition) is 1.